The van der Waals surface area contributed by atoms with Crippen LogP contribution in [-0.2, 0) is 9.53 Å². The molecular weight excluding hydrogens is 484 g/mol. The van der Waals surface area contributed by atoms with Crippen LogP contribution < -0.4 is 0 Å². The molecule has 0 radical (unpaired) electrons. The number of carbonyl (C=O) groups excluding carboxylic acids is 1. The van der Waals surface area contributed by atoms with Crippen molar-refractivity contribution in [1.82, 2.24) is 4.90 Å². The molecule has 0 aromatic rings. The largest absolute Gasteiger partial charge is 0.462 e. The predicted octanol–water partition coefficient (Wildman–Crippen LogP) is 8.65. The van der Waals surface area contributed by atoms with E-state index < -0.39 is 0 Å². The average molecular weight is 552 g/mol. The van der Waals surface area contributed by atoms with E-state index >= 15 is 0 Å². The van der Waals surface area contributed by atoms with Crippen LogP contribution in [0.2, 0.25) is 0 Å². The highest BCUT2D eigenvalue weighted by molar-refractivity contribution is 5.78. The number of esters is 1. The topological polar surface area (TPSA) is 52.8 Å². The van der Waals surface area contributed by atoms with Crippen molar-refractivity contribution in [1.29, 1.82) is 0 Å². The Balaban J connectivity index is 2.09. The first-order chi connectivity index (χ1) is 19.2. The molecule has 0 bridgehead atoms. The SMILES string of the molecule is CCCCCCCCCCCCCC(=O)OCCN1CC[N+](CCO)=C1CCCCCCCCCCCCC. The quantitative estimate of drug-likeness (QED) is 0.0574. The van der Waals surface area contributed by atoms with E-state index in [1.165, 1.54) is 134 Å². The van der Waals surface area contributed by atoms with E-state index in [1.54, 1.807) is 0 Å². The van der Waals surface area contributed by atoms with Gasteiger partial charge >= 0.3 is 5.97 Å². The van der Waals surface area contributed by atoms with E-state index in [1.807, 2.05) is 0 Å². The fraction of sp³-hybridized carbons (Fsp3) is 0.941. The molecule has 0 saturated heterocycles. The zero-order valence-electron chi connectivity index (χ0n) is 26.4. The Hall–Kier alpha value is -1.10. The first-order valence-corrected chi connectivity index (χ1v) is 17.3. The van der Waals surface area contributed by atoms with Gasteiger partial charge in [0, 0.05) is 12.8 Å². The van der Waals surface area contributed by atoms with E-state index in [-0.39, 0.29) is 12.6 Å². The Morgan fingerprint density at radius 2 is 1.18 bits per heavy atom. The van der Waals surface area contributed by atoms with Gasteiger partial charge in [-0.15, -0.1) is 0 Å². The molecule has 0 atom stereocenters. The molecule has 1 aliphatic heterocycles. The molecule has 0 aromatic heterocycles. The second-order valence-electron chi connectivity index (χ2n) is 11.9. The fourth-order valence-electron chi connectivity index (χ4n) is 5.84. The number of aliphatic hydroxyl groups is 1. The smallest absolute Gasteiger partial charge is 0.305 e. The lowest BCUT2D eigenvalue weighted by molar-refractivity contribution is -0.521. The van der Waals surface area contributed by atoms with Gasteiger partial charge in [-0.1, -0.05) is 142 Å². The molecule has 230 valence electrons. The fourth-order valence-corrected chi connectivity index (χ4v) is 5.84. The summed E-state index contributed by atoms with van der Waals surface area (Å²) in [5.74, 6) is 1.31. The first kappa shape index (κ1) is 35.9. The summed E-state index contributed by atoms with van der Waals surface area (Å²) in [6.45, 7) is 8.66. The van der Waals surface area contributed by atoms with Crippen LogP contribution in [-0.4, -0.2) is 65.8 Å². The number of hydrogen-bond donors (Lipinski definition) is 1. The van der Waals surface area contributed by atoms with Crippen LogP contribution in [0.3, 0.4) is 0 Å². The highest BCUT2D eigenvalue weighted by atomic mass is 16.5. The summed E-state index contributed by atoms with van der Waals surface area (Å²) in [5, 5.41) is 9.50. The zero-order valence-corrected chi connectivity index (χ0v) is 26.4. The summed E-state index contributed by atoms with van der Waals surface area (Å²) in [6.07, 6.45) is 30.8. The molecule has 39 heavy (non-hydrogen) atoms. The second-order valence-corrected chi connectivity index (χ2v) is 11.9. The van der Waals surface area contributed by atoms with Gasteiger partial charge in [-0.3, -0.25) is 14.3 Å². The Bertz CT molecular complexity index is 593. The molecule has 1 N–H and O–H groups in total. The van der Waals surface area contributed by atoms with Gasteiger partial charge in [-0.05, 0) is 12.8 Å². The summed E-state index contributed by atoms with van der Waals surface area (Å²) in [7, 11) is 0. The van der Waals surface area contributed by atoms with Gasteiger partial charge in [0.05, 0.1) is 6.61 Å². The Morgan fingerprint density at radius 1 is 0.718 bits per heavy atom. The molecule has 1 rings (SSSR count). The zero-order chi connectivity index (χ0) is 28.2. The number of hydrogen-bond acceptors (Lipinski definition) is 4. The van der Waals surface area contributed by atoms with Gasteiger partial charge in [0.1, 0.15) is 32.8 Å². The number of rotatable bonds is 29. The molecule has 1 heterocycles. The van der Waals surface area contributed by atoms with E-state index in [9.17, 15) is 9.90 Å². The van der Waals surface area contributed by atoms with Crippen molar-refractivity contribution in [2.45, 2.75) is 168 Å². The van der Waals surface area contributed by atoms with Gasteiger partial charge in [-0.25, -0.2) is 0 Å². The Kier molecular flexibility index (Phi) is 25.0. The van der Waals surface area contributed by atoms with Gasteiger partial charge in [-0.2, -0.15) is 0 Å². The summed E-state index contributed by atoms with van der Waals surface area (Å²) < 4.78 is 7.93. The Labute approximate surface area is 243 Å². The normalized spacial score (nSPS) is 13.6. The van der Waals surface area contributed by atoms with Gasteiger partial charge in [0.15, 0.2) is 0 Å². The number of aliphatic hydroxyl groups excluding tert-OH is 1. The van der Waals surface area contributed by atoms with Gasteiger partial charge < -0.3 is 9.84 Å². The molecule has 0 amide bonds. The molecule has 0 unspecified atom stereocenters. The minimum absolute atomic E-state index is 0.0377. The van der Waals surface area contributed by atoms with Gasteiger partial charge in [0.2, 0.25) is 5.84 Å². The third-order valence-electron chi connectivity index (χ3n) is 8.35. The Morgan fingerprint density at radius 3 is 1.67 bits per heavy atom. The van der Waals surface area contributed by atoms with E-state index in [0.29, 0.717) is 19.6 Å². The van der Waals surface area contributed by atoms with E-state index in [2.05, 4.69) is 23.3 Å². The van der Waals surface area contributed by atoms with E-state index in [4.69, 9.17) is 4.74 Å². The van der Waals surface area contributed by atoms with Crippen molar-refractivity contribution in [2.75, 3.05) is 39.4 Å². The van der Waals surface area contributed by atoms with Crippen LogP contribution in [0.5, 0.6) is 0 Å². The number of carbonyl (C=O) groups is 1. The van der Waals surface area contributed by atoms with Gasteiger partial charge in [0.25, 0.3) is 0 Å². The van der Waals surface area contributed by atoms with Crippen LogP contribution in [0, 0.1) is 0 Å². The van der Waals surface area contributed by atoms with Crippen LogP contribution in [0.4, 0.5) is 0 Å². The number of ether oxygens (including phenoxy) is 1. The average Bonchev–Trinajstić information content (AvgIpc) is 3.31. The maximum atomic E-state index is 12.2. The predicted molar refractivity (Wildman–Crippen MR) is 167 cm³/mol. The van der Waals surface area contributed by atoms with E-state index in [0.717, 1.165) is 38.9 Å². The summed E-state index contributed by atoms with van der Waals surface area (Å²) >= 11 is 0. The first-order valence-electron chi connectivity index (χ1n) is 17.3. The van der Waals surface area contributed by atoms with Crippen LogP contribution in [0.1, 0.15) is 168 Å². The minimum Gasteiger partial charge on any atom is -0.462 e. The number of amidine groups is 1. The van der Waals surface area contributed by atoms with Crippen molar-refractivity contribution >= 4 is 11.8 Å². The summed E-state index contributed by atoms with van der Waals surface area (Å²) in [5.41, 5.74) is 0. The highest BCUT2D eigenvalue weighted by Gasteiger charge is 2.29. The summed E-state index contributed by atoms with van der Waals surface area (Å²) in [4.78, 5) is 14.6. The lowest BCUT2D eigenvalue weighted by Gasteiger charge is -2.14. The van der Waals surface area contributed by atoms with Crippen molar-refractivity contribution in [3.05, 3.63) is 0 Å². The number of unbranched alkanes of at least 4 members (excludes halogenated alkanes) is 20. The molecule has 0 saturated carbocycles. The maximum absolute atomic E-state index is 12.2. The molecular formula is C34H67N2O3+. The van der Waals surface area contributed by atoms with Crippen LogP contribution in [0.15, 0.2) is 0 Å². The third-order valence-corrected chi connectivity index (χ3v) is 8.35. The van der Waals surface area contributed by atoms with Crippen molar-refractivity contribution in [3.8, 4) is 0 Å². The van der Waals surface area contributed by atoms with Crippen molar-refractivity contribution in [2.24, 2.45) is 0 Å². The van der Waals surface area contributed by atoms with Crippen LogP contribution >= 0.6 is 0 Å². The lowest BCUT2D eigenvalue weighted by atomic mass is 10.1. The minimum atomic E-state index is -0.0377. The van der Waals surface area contributed by atoms with Crippen LogP contribution in [0.25, 0.3) is 0 Å². The maximum Gasteiger partial charge on any atom is 0.305 e. The summed E-state index contributed by atoms with van der Waals surface area (Å²) in [6, 6.07) is 0. The monoisotopic (exact) mass is 552 g/mol. The standard InChI is InChI=1S/C34H67N2O3/c1-3-5-7-9-11-13-15-17-19-21-23-25-33-35(29-31-37)27-28-36(33)30-32-39-34(38)26-24-22-20-18-16-14-12-10-8-6-4-2/h37H,3-32H2,1-2H3/q+1. The lowest BCUT2D eigenvalue weighted by Crippen LogP contribution is -2.33. The number of nitrogens with zero attached hydrogens (tertiary/aromatic N) is 2. The van der Waals surface area contributed by atoms with Crippen molar-refractivity contribution in [3.63, 3.8) is 0 Å². The molecule has 0 aliphatic carbocycles. The molecule has 0 fully saturated rings. The molecule has 0 spiro atoms. The molecule has 0 aromatic carbocycles. The van der Waals surface area contributed by atoms with Crippen molar-refractivity contribution < 1.29 is 19.2 Å². The second kappa shape index (κ2) is 27.1. The molecule has 5 nitrogen and oxygen atoms in total. The molecule has 1 aliphatic rings. The highest BCUT2D eigenvalue weighted by Crippen LogP contribution is 2.15. The third kappa shape index (κ3) is 20.4. The number of β-amino-alcohol motifs (C(OH)–C–C–N with tert-alkyl or cyclic N) is 1. The molecule has 5 heteroatoms.